The van der Waals surface area contributed by atoms with Crippen LogP contribution >= 0.6 is 0 Å². The van der Waals surface area contributed by atoms with Gasteiger partial charge in [-0.2, -0.15) is 0 Å². The summed E-state index contributed by atoms with van der Waals surface area (Å²) in [7, 11) is 0. The third-order valence-electron chi connectivity index (χ3n) is 3.88. The number of phenols is 1. The molecule has 29 heavy (non-hydrogen) atoms. The van der Waals surface area contributed by atoms with E-state index in [-0.39, 0.29) is 42.3 Å². The number of ether oxygens (including phenoxy) is 2. The molecule has 1 atom stereocenters. The second-order valence-electron chi connectivity index (χ2n) is 6.44. The molecule has 0 aliphatic carbocycles. The molecule has 0 radical (unpaired) electrons. The van der Waals surface area contributed by atoms with Crippen molar-refractivity contribution in [3.05, 3.63) is 77.4 Å². The number of esters is 2. The lowest BCUT2D eigenvalue weighted by Gasteiger charge is -2.12. The van der Waals surface area contributed by atoms with Crippen molar-refractivity contribution in [2.24, 2.45) is 0 Å². The van der Waals surface area contributed by atoms with Crippen LogP contribution in [0.3, 0.4) is 0 Å². The largest absolute Gasteiger partial charge is 0.507 e. The topological polar surface area (TPSA) is 110 Å². The number of hydrogen-bond donors (Lipinski definition) is 2. The molecular weight excluding hydrogens is 376 g/mol. The van der Waals surface area contributed by atoms with Gasteiger partial charge >= 0.3 is 11.9 Å². The number of phenolic OH excluding ortho intramolecular Hbond substituents is 1. The van der Waals surface area contributed by atoms with E-state index in [1.807, 2.05) is 0 Å². The standard InChI is InChI=1S/C22H22O7/c1-14(2)22(27)29-13-17(23)12-28-20(25)11-15-8-9-19(24)18(10-15)21(26)16-6-4-3-5-7-16/h3-10,17,23-24H,1,11-13H2,2H3. The Kier molecular flexibility index (Phi) is 7.68. The molecule has 0 aromatic heterocycles. The summed E-state index contributed by atoms with van der Waals surface area (Å²) in [5.41, 5.74) is 1.15. The summed E-state index contributed by atoms with van der Waals surface area (Å²) < 4.78 is 9.73. The minimum Gasteiger partial charge on any atom is -0.507 e. The summed E-state index contributed by atoms with van der Waals surface area (Å²) in [6.07, 6.45) is -1.33. The average Bonchev–Trinajstić information content (AvgIpc) is 2.71. The van der Waals surface area contributed by atoms with Gasteiger partial charge in [0.15, 0.2) is 5.78 Å². The molecular formula is C22H22O7. The molecule has 0 saturated heterocycles. The fourth-order valence-electron chi connectivity index (χ4n) is 2.37. The van der Waals surface area contributed by atoms with Gasteiger partial charge in [0.1, 0.15) is 25.1 Å². The summed E-state index contributed by atoms with van der Waals surface area (Å²) >= 11 is 0. The first kappa shape index (κ1) is 21.8. The first-order valence-electron chi connectivity index (χ1n) is 8.86. The summed E-state index contributed by atoms with van der Waals surface area (Å²) in [6.45, 7) is 4.21. The number of benzene rings is 2. The van der Waals surface area contributed by atoms with E-state index in [0.717, 1.165) is 0 Å². The molecule has 7 nitrogen and oxygen atoms in total. The van der Waals surface area contributed by atoms with Gasteiger partial charge in [-0.15, -0.1) is 0 Å². The van der Waals surface area contributed by atoms with Crippen LogP contribution in [0.25, 0.3) is 0 Å². The first-order chi connectivity index (χ1) is 13.8. The summed E-state index contributed by atoms with van der Waals surface area (Å²) in [6, 6.07) is 12.7. The third-order valence-corrected chi connectivity index (χ3v) is 3.88. The van der Waals surface area contributed by atoms with Crippen LogP contribution in [-0.2, 0) is 25.5 Å². The molecule has 152 valence electrons. The van der Waals surface area contributed by atoms with Gasteiger partial charge in [0.05, 0.1) is 12.0 Å². The van der Waals surface area contributed by atoms with Gasteiger partial charge < -0.3 is 19.7 Å². The van der Waals surface area contributed by atoms with Crippen molar-refractivity contribution in [1.29, 1.82) is 0 Å². The molecule has 2 aromatic carbocycles. The molecule has 0 aliphatic rings. The van der Waals surface area contributed by atoms with Crippen molar-refractivity contribution < 1.29 is 34.1 Å². The van der Waals surface area contributed by atoms with Crippen molar-refractivity contribution in [2.45, 2.75) is 19.4 Å². The Morgan fingerprint density at radius 2 is 1.69 bits per heavy atom. The lowest BCUT2D eigenvalue weighted by atomic mass is 9.99. The van der Waals surface area contributed by atoms with Gasteiger partial charge in [-0.05, 0) is 24.6 Å². The number of aliphatic hydroxyl groups excluding tert-OH is 1. The van der Waals surface area contributed by atoms with Crippen LogP contribution in [0.5, 0.6) is 5.75 Å². The molecule has 2 aromatic rings. The van der Waals surface area contributed by atoms with Gasteiger partial charge in [-0.3, -0.25) is 9.59 Å². The van der Waals surface area contributed by atoms with Gasteiger partial charge in [0, 0.05) is 11.1 Å². The van der Waals surface area contributed by atoms with E-state index < -0.39 is 18.0 Å². The van der Waals surface area contributed by atoms with E-state index in [9.17, 15) is 24.6 Å². The van der Waals surface area contributed by atoms with Gasteiger partial charge in [0.2, 0.25) is 0 Å². The van der Waals surface area contributed by atoms with E-state index in [2.05, 4.69) is 6.58 Å². The number of hydrogen-bond acceptors (Lipinski definition) is 7. The maximum Gasteiger partial charge on any atom is 0.333 e. The Hall–Kier alpha value is -3.45. The molecule has 2 N–H and O–H groups in total. The van der Waals surface area contributed by atoms with Gasteiger partial charge in [-0.25, -0.2) is 4.79 Å². The summed E-state index contributed by atoms with van der Waals surface area (Å²) in [4.78, 5) is 35.8. The highest BCUT2D eigenvalue weighted by atomic mass is 16.6. The van der Waals surface area contributed by atoms with E-state index in [1.165, 1.54) is 25.1 Å². The SMILES string of the molecule is C=C(C)C(=O)OCC(O)COC(=O)Cc1ccc(O)c(C(=O)c2ccccc2)c1. The number of carbonyl (C=O) groups excluding carboxylic acids is 3. The lowest BCUT2D eigenvalue weighted by Crippen LogP contribution is -2.26. The number of ketones is 1. The van der Waals surface area contributed by atoms with Crippen molar-refractivity contribution in [2.75, 3.05) is 13.2 Å². The normalized spacial score (nSPS) is 11.4. The molecule has 7 heteroatoms. The van der Waals surface area contributed by atoms with Crippen molar-refractivity contribution in [1.82, 2.24) is 0 Å². The third kappa shape index (κ3) is 6.58. The van der Waals surface area contributed by atoms with Crippen LogP contribution in [0.15, 0.2) is 60.7 Å². The Balaban J connectivity index is 1.93. The van der Waals surface area contributed by atoms with Crippen LogP contribution in [-0.4, -0.2) is 47.3 Å². The highest BCUT2D eigenvalue weighted by Gasteiger charge is 2.16. The zero-order valence-electron chi connectivity index (χ0n) is 16.0. The van der Waals surface area contributed by atoms with E-state index >= 15 is 0 Å². The highest BCUT2D eigenvalue weighted by Crippen LogP contribution is 2.22. The number of aliphatic hydroxyl groups is 1. The first-order valence-corrected chi connectivity index (χ1v) is 8.86. The lowest BCUT2D eigenvalue weighted by molar-refractivity contribution is -0.149. The molecule has 0 spiro atoms. The Bertz CT molecular complexity index is 903. The van der Waals surface area contributed by atoms with Crippen molar-refractivity contribution in [3.63, 3.8) is 0 Å². The second kappa shape index (κ2) is 10.2. The summed E-state index contributed by atoms with van der Waals surface area (Å²) in [5, 5.41) is 19.7. The zero-order chi connectivity index (χ0) is 21.4. The molecule has 0 amide bonds. The fourth-order valence-corrected chi connectivity index (χ4v) is 2.37. The van der Waals surface area contributed by atoms with Crippen LogP contribution in [0, 0.1) is 0 Å². The number of rotatable bonds is 9. The minimum absolute atomic E-state index is 0.0771. The molecule has 0 aliphatic heterocycles. The van der Waals surface area contributed by atoms with Gasteiger partial charge in [-0.1, -0.05) is 43.0 Å². The smallest absolute Gasteiger partial charge is 0.333 e. The van der Waals surface area contributed by atoms with Crippen molar-refractivity contribution in [3.8, 4) is 5.75 Å². The van der Waals surface area contributed by atoms with E-state index in [4.69, 9.17) is 9.47 Å². The minimum atomic E-state index is -1.17. The molecule has 0 fully saturated rings. The Morgan fingerprint density at radius 3 is 2.34 bits per heavy atom. The molecule has 1 unspecified atom stereocenters. The molecule has 0 bridgehead atoms. The molecule has 0 heterocycles. The Labute approximate surface area is 168 Å². The van der Waals surface area contributed by atoms with Crippen molar-refractivity contribution >= 4 is 17.7 Å². The monoisotopic (exact) mass is 398 g/mol. The van der Waals surface area contributed by atoms with Crippen LogP contribution < -0.4 is 0 Å². The van der Waals surface area contributed by atoms with Crippen LogP contribution in [0.2, 0.25) is 0 Å². The summed E-state index contributed by atoms with van der Waals surface area (Å²) in [5.74, 6) is -1.84. The highest BCUT2D eigenvalue weighted by molar-refractivity contribution is 6.10. The fraction of sp³-hybridized carbons (Fsp3) is 0.227. The van der Waals surface area contributed by atoms with E-state index in [1.54, 1.807) is 30.3 Å². The second-order valence-corrected chi connectivity index (χ2v) is 6.44. The number of aromatic hydroxyl groups is 1. The quantitative estimate of drug-likeness (QED) is 0.378. The zero-order valence-corrected chi connectivity index (χ0v) is 16.0. The molecule has 2 rings (SSSR count). The predicted octanol–water partition coefficient (Wildman–Crippen LogP) is 2.19. The van der Waals surface area contributed by atoms with E-state index in [0.29, 0.717) is 11.1 Å². The predicted molar refractivity (Wildman–Crippen MR) is 104 cm³/mol. The Morgan fingerprint density at radius 1 is 1.03 bits per heavy atom. The maximum atomic E-state index is 12.5. The number of carbonyl (C=O) groups is 3. The van der Waals surface area contributed by atoms with Crippen LogP contribution in [0.4, 0.5) is 0 Å². The molecule has 0 saturated carbocycles. The van der Waals surface area contributed by atoms with Gasteiger partial charge in [0.25, 0.3) is 0 Å². The average molecular weight is 398 g/mol. The van der Waals surface area contributed by atoms with Crippen LogP contribution in [0.1, 0.15) is 28.4 Å². The maximum absolute atomic E-state index is 12.5.